The van der Waals surface area contributed by atoms with Crippen LogP contribution in [0.5, 0.6) is 0 Å². The van der Waals surface area contributed by atoms with E-state index in [1.54, 1.807) is 0 Å². The van der Waals surface area contributed by atoms with Crippen LogP contribution in [0.1, 0.15) is 25.3 Å². The third-order valence-electron chi connectivity index (χ3n) is 5.56. The first kappa shape index (κ1) is 20.3. The molecule has 2 fully saturated rings. The highest BCUT2D eigenvalue weighted by atomic mass is 32.2. The fourth-order valence-electron chi connectivity index (χ4n) is 3.95. The molecule has 3 aliphatic heterocycles. The quantitative estimate of drug-likeness (QED) is 0.359. The van der Waals surface area contributed by atoms with E-state index >= 15 is 0 Å². The Morgan fingerprint density at radius 3 is 2.76 bits per heavy atom. The van der Waals surface area contributed by atoms with Gasteiger partial charge in [0, 0.05) is 23.9 Å². The van der Waals surface area contributed by atoms with Gasteiger partial charge in [0.25, 0.3) is 0 Å². The fraction of sp³-hybridized carbons (Fsp3) is 0.450. The van der Waals surface area contributed by atoms with Crippen LogP contribution in [0.2, 0.25) is 0 Å². The first-order valence-electron chi connectivity index (χ1n) is 9.63. The molecule has 2 saturated heterocycles. The van der Waals surface area contributed by atoms with Crippen molar-refractivity contribution in [3.63, 3.8) is 0 Å². The monoisotopic (exact) mass is 433 g/mol. The summed E-state index contributed by atoms with van der Waals surface area (Å²) in [5, 5.41) is 28.1. The van der Waals surface area contributed by atoms with Gasteiger partial charge in [0.2, 0.25) is 5.91 Å². The normalized spacial score (nSPS) is 27.1. The minimum absolute atomic E-state index is 0.0474. The topological polar surface area (TPSA) is 105 Å². The molecule has 4 rings (SSSR count). The number of amides is 1. The van der Waals surface area contributed by atoms with Gasteiger partial charge < -0.3 is 15.1 Å². The van der Waals surface area contributed by atoms with Crippen molar-refractivity contribution in [3.8, 4) is 0 Å². The summed E-state index contributed by atoms with van der Waals surface area (Å²) in [6.45, 7) is 3.22. The van der Waals surface area contributed by atoms with Gasteiger partial charge in [-0.05, 0) is 12.8 Å². The Balaban J connectivity index is 1.45. The van der Waals surface area contributed by atoms with E-state index in [-0.39, 0.29) is 22.2 Å². The highest BCUT2D eigenvalue weighted by molar-refractivity contribution is 8.23. The van der Waals surface area contributed by atoms with Gasteiger partial charge in [-0.15, -0.1) is 11.8 Å². The van der Waals surface area contributed by atoms with Gasteiger partial charge >= 0.3 is 5.97 Å². The number of hydrogen-bond acceptors (Lipinski definition) is 6. The number of nitrogens with zero attached hydrogens (tertiary/aromatic N) is 2. The Hall–Kier alpha value is -1.97. The number of carbonyl (C=O) groups is 2. The Bertz CT molecular complexity index is 876. The third kappa shape index (κ3) is 3.55. The van der Waals surface area contributed by atoms with Crippen molar-refractivity contribution >= 4 is 41.2 Å². The van der Waals surface area contributed by atoms with Crippen molar-refractivity contribution in [2.45, 2.75) is 36.5 Å². The van der Waals surface area contributed by atoms with Crippen molar-refractivity contribution in [1.82, 2.24) is 9.80 Å². The highest BCUT2D eigenvalue weighted by Gasteiger charge is 2.58. The number of fused-ring (bicyclic) bond motifs is 1. The number of benzene rings is 1. The molecule has 7 nitrogen and oxygen atoms in total. The van der Waals surface area contributed by atoms with E-state index < -0.39 is 18.0 Å². The predicted octanol–water partition coefficient (Wildman–Crippen LogP) is 2.38. The molecule has 9 heteroatoms. The Morgan fingerprint density at radius 2 is 2.10 bits per heavy atom. The number of aliphatic carboxylic acids is 1. The second-order valence-corrected chi connectivity index (χ2v) is 10.0. The number of β-lactam (4-membered cyclic amide) rings is 1. The van der Waals surface area contributed by atoms with Crippen LogP contribution in [0.4, 0.5) is 0 Å². The molecular weight excluding hydrogens is 410 g/mol. The molecule has 3 N–H and O–H groups in total. The zero-order chi connectivity index (χ0) is 20.7. The molecule has 1 aromatic rings. The summed E-state index contributed by atoms with van der Waals surface area (Å²) in [5.74, 6) is -1.47. The minimum atomic E-state index is -1.10. The number of carboxylic acids is 1. The molecule has 3 heterocycles. The summed E-state index contributed by atoms with van der Waals surface area (Å²) >= 11 is 2.87. The lowest BCUT2D eigenvalue weighted by atomic mass is 9.90. The number of hydrogen-bond donors (Lipinski definition) is 3. The first-order chi connectivity index (χ1) is 13.9. The summed E-state index contributed by atoms with van der Waals surface area (Å²) in [4.78, 5) is 27.6. The van der Waals surface area contributed by atoms with Crippen LogP contribution < -0.4 is 0 Å². The van der Waals surface area contributed by atoms with E-state index in [2.05, 4.69) is 0 Å². The van der Waals surface area contributed by atoms with Crippen molar-refractivity contribution in [2.24, 2.45) is 5.92 Å². The van der Waals surface area contributed by atoms with Crippen LogP contribution in [0.25, 0.3) is 0 Å². The van der Waals surface area contributed by atoms with Crippen molar-refractivity contribution in [1.29, 1.82) is 5.41 Å². The van der Waals surface area contributed by atoms with Gasteiger partial charge in [-0.25, -0.2) is 4.79 Å². The van der Waals surface area contributed by atoms with Crippen LogP contribution in [-0.4, -0.2) is 67.5 Å². The molecular formula is C20H23N3O4S2. The standard InChI is InChI=1S/C20H23N3O4S2/c1-2-13(24)14-17(25)23-15(19(26)27)20(29-18(14)23)28-12-8-9-22(10-12)16(21)11-6-4-3-5-7-11/h3-7,12-14,18,21,24H,2,8-10H2,1H3,(H,26,27). The molecule has 4 atom stereocenters. The summed E-state index contributed by atoms with van der Waals surface area (Å²) in [5.41, 5.74) is 0.913. The fourth-order valence-corrected chi connectivity index (χ4v) is 7.23. The number of carbonyl (C=O) groups excluding carboxylic acids is 1. The van der Waals surface area contributed by atoms with Crippen molar-refractivity contribution in [2.75, 3.05) is 13.1 Å². The van der Waals surface area contributed by atoms with E-state index in [1.165, 1.54) is 28.4 Å². The lowest BCUT2D eigenvalue weighted by molar-refractivity contribution is -0.157. The molecule has 0 spiro atoms. The number of amidine groups is 1. The van der Waals surface area contributed by atoms with E-state index in [0.29, 0.717) is 23.0 Å². The molecule has 0 aromatic heterocycles. The van der Waals surface area contributed by atoms with Crippen molar-refractivity contribution < 1.29 is 19.8 Å². The van der Waals surface area contributed by atoms with Gasteiger partial charge in [-0.3, -0.25) is 15.1 Å². The number of rotatable bonds is 6. The molecule has 4 unspecified atom stereocenters. The first-order valence-corrected chi connectivity index (χ1v) is 11.4. The van der Waals surface area contributed by atoms with E-state index in [9.17, 15) is 19.8 Å². The smallest absolute Gasteiger partial charge is 0.354 e. The van der Waals surface area contributed by atoms with Crippen LogP contribution in [-0.2, 0) is 9.59 Å². The predicted molar refractivity (Wildman–Crippen MR) is 114 cm³/mol. The van der Waals surface area contributed by atoms with Crippen LogP contribution >= 0.6 is 23.5 Å². The lowest BCUT2D eigenvalue weighted by Gasteiger charge is -2.44. The molecule has 0 radical (unpaired) electrons. The summed E-state index contributed by atoms with van der Waals surface area (Å²) in [7, 11) is 0. The highest BCUT2D eigenvalue weighted by Crippen LogP contribution is 2.55. The molecule has 1 amide bonds. The number of aliphatic hydroxyl groups excluding tert-OH is 1. The van der Waals surface area contributed by atoms with E-state index in [1.807, 2.05) is 42.2 Å². The largest absolute Gasteiger partial charge is 0.477 e. The summed E-state index contributed by atoms with van der Waals surface area (Å²) < 4.78 is 0.639. The van der Waals surface area contributed by atoms with Gasteiger partial charge in [-0.1, -0.05) is 49.0 Å². The summed E-state index contributed by atoms with van der Waals surface area (Å²) in [6.07, 6.45) is 0.561. The molecule has 154 valence electrons. The van der Waals surface area contributed by atoms with Gasteiger partial charge in [0.1, 0.15) is 11.2 Å². The van der Waals surface area contributed by atoms with Gasteiger partial charge in [-0.2, -0.15) is 0 Å². The maximum absolute atomic E-state index is 12.4. The summed E-state index contributed by atoms with van der Waals surface area (Å²) in [6, 6.07) is 9.57. The van der Waals surface area contributed by atoms with E-state index in [0.717, 1.165) is 18.5 Å². The van der Waals surface area contributed by atoms with Gasteiger partial charge in [0.15, 0.2) is 5.70 Å². The Kier molecular flexibility index (Phi) is 5.63. The SMILES string of the molecule is CCC(O)C1C(=O)N2C(C(=O)O)=C(SC3CCN(C(=N)c4ccccc4)C3)SC12. The molecule has 0 bridgehead atoms. The number of carboxylic acid groups (broad SMARTS) is 1. The lowest BCUT2D eigenvalue weighted by Crippen LogP contribution is -2.61. The zero-order valence-corrected chi connectivity index (χ0v) is 17.6. The minimum Gasteiger partial charge on any atom is -0.477 e. The molecule has 3 aliphatic rings. The number of likely N-dealkylation sites (tertiary alicyclic amines) is 1. The maximum Gasteiger partial charge on any atom is 0.354 e. The number of nitrogens with one attached hydrogen (secondary N) is 1. The zero-order valence-electron chi connectivity index (χ0n) is 15.9. The molecule has 0 saturated carbocycles. The third-order valence-corrected chi connectivity index (χ3v) is 8.42. The van der Waals surface area contributed by atoms with Crippen LogP contribution in [0.15, 0.2) is 40.3 Å². The van der Waals surface area contributed by atoms with Crippen LogP contribution in [0.3, 0.4) is 0 Å². The molecule has 1 aromatic carbocycles. The maximum atomic E-state index is 12.4. The number of thioether (sulfide) groups is 2. The second kappa shape index (κ2) is 8.04. The number of aliphatic hydroxyl groups is 1. The van der Waals surface area contributed by atoms with Crippen LogP contribution in [0, 0.1) is 11.3 Å². The average Bonchev–Trinajstić information content (AvgIpc) is 3.31. The molecule has 0 aliphatic carbocycles. The Morgan fingerprint density at radius 1 is 1.38 bits per heavy atom. The van der Waals surface area contributed by atoms with E-state index in [4.69, 9.17) is 5.41 Å². The second-order valence-electron chi connectivity index (χ2n) is 7.35. The average molecular weight is 434 g/mol. The molecule has 29 heavy (non-hydrogen) atoms. The Labute approximate surface area is 177 Å². The van der Waals surface area contributed by atoms with Crippen molar-refractivity contribution in [3.05, 3.63) is 45.8 Å². The van der Waals surface area contributed by atoms with Gasteiger partial charge in [0.05, 0.1) is 16.3 Å².